The van der Waals surface area contributed by atoms with Gasteiger partial charge in [-0.15, -0.1) is 0 Å². The number of hydrogen-bond acceptors (Lipinski definition) is 5. The Hall–Kier alpha value is -4.00. The number of hydrogen-bond donors (Lipinski definition) is 0. The minimum absolute atomic E-state index is 0.0627. The van der Waals surface area contributed by atoms with Gasteiger partial charge < -0.3 is 4.74 Å². The third kappa shape index (κ3) is 2.61. The third-order valence-corrected chi connectivity index (χ3v) is 4.63. The molecule has 0 amide bonds. The van der Waals surface area contributed by atoms with Crippen molar-refractivity contribution < 1.29 is 9.66 Å². The van der Waals surface area contributed by atoms with Crippen LogP contribution >= 0.6 is 0 Å². The minimum atomic E-state index is -0.566. The first kappa shape index (κ1) is 17.4. The van der Waals surface area contributed by atoms with E-state index in [4.69, 9.17) is 4.74 Å². The van der Waals surface area contributed by atoms with Crippen LogP contribution in [-0.2, 0) is 0 Å². The van der Waals surface area contributed by atoms with Gasteiger partial charge in [-0.2, -0.15) is 0 Å². The molecule has 7 heteroatoms. The van der Waals surface area contributed by atoms with Crippen LogP contribution < -0.4 is 15.9 Å². The average molecular weight is 374 g/mol. The SMILES string of the molecule is COc1cc([N+](=O)[O-])ccc1-n1c(=O)c2ccccc2c2ccccc2c1=O. The van der Waals surface area contributed by atoms with E-state index in [9.17, 15) is 19.7 Å². The number of benzene rings is 3. The van der Waals surface area contributed by atoms with E-state index in [1.807, 2.05) is 0 Å². The zero-order chi connectivity index (χ0) is 19.8. The van der Waals surface area contributed by atoms with Crippen molar-refractivity contribution in [2.45, 2.75) is 0 Å². The molecule has 0 atom stereocenters. The Balaban J connectivity index is 2.24. The summed E-state index contributed by atoms with van der Waals surface area (Å²) in [6, 6.07) is 17.7. The molecule has 1 heterocycles. The molecule has 4 aromatic rings. The molecule has 0 bridgehead atoms. The molecule has 0 fully saturated rings. The van der Waals surface area contributed by atoms with Crippen LogP contribution in [0.4, 0.5) is 5.69 Å². The van der Waals surface area contributed by atoms with Crippen LogP contribution in [0.5, 0.6) is 5.75 Å². The summed E-state index contributed by atoms with van der Waals surface area (Å²) in [5.41, 5.74) is -1.10. The molecule has 0 N–H and O–H groups in total. The summed E-state index contributed by atoms with van der Waals surface area (Å²) in [6.45, 7) is 0. The summed E-state index contributed by atoms with van der Waals surface area (Å²) < 4.78 is 6.26. The lowest BCUT2D eigenvalue weighted by molar-refractivity contribution is -0.384. The van der Waals surface area contributed by atoms with E-state index in [1.54, 1.807) is 48.5 Å². The molecule has 3 aromatic carbocycles. The van der Waals surface area contributed by atoms with Gasteiger partial charge in [0.05, 0.1) is 23.8 Å². The fourth-order valence-corrected chi connectivity index (χ4v) is 3.33. The number of aromatic nitrogens is 1. The molecule has 0 radical (unpaired) electrons. The quantitative estimate of drug-likeness (QED) is 0.405. The Morgan fingerprint density at radius 1 is 0.821 bits per heavy atom. The first-order valence-electron chi connectivity index (χ1n) is 8.42. The molecule has 0 unspecified atom stereocenters. The molecule has 0 aliphatic carbocycles. The minimum Gasteiger partial charge on any atom is -0.494 e. The van der Waals surface area contributed by atoms with Crippen LogP contribution in [0.3, 0.4) is 0 Å². The Morgan fingerprint density at radius 3 is 1.79 bits per heavy atom. The highest BCUT2D eigenvalue weighted by atomic mass is 16.6. The second kappa shape index (κ2) is 6.62. The van der Waals surface area contributed by atoms with E-state index in [2.05, 4.69) is 0 Å². The Bertz CT molecular complexity index is 1300. The number of rotatable bonds is 3. The maximum Gasteiger partial charge on any atom is 0.273 e. The topological polar surface area (TPSA) is 91.4 Å². The molecular formula is C21H14N2O5. The van der Waals surface area contributed by atoms with Gasteiger partial charge in [0.25, 0.3) is 16.8 Å². The predicted octanol–water partition coefficient (Wildman–Crippen LogP) is 3.42. The van der Waals surface area contributed by atoms with E-state index in [0.29, 0.717) is 21.5 Å². The second-order valence-corrected chi connectivity index (χ2v) is 6.15. The smallest absolute Gasteiger partial charge is 0.273 e. The number of nitro benzene ring substituents is 1. The van der Waals surface area contributed by atoms with Crippen LogP contribution in [0.1, 0.15) is 0 Å². The van der Waals surface area contributed by atoms with Crippen LogP contribution in [0.25, 0.3) is 27.2 Å². The summed E-state index contributed by atoms with van der Waals surface area (Å²) >= 11 is 0. The van der Waals surface area contributed by atoms with Gasteiger partial charge in [0, 0.05) is 16.8 Å². The highest BCUT2D eigenvalue weighted by molar-refractivity contribution is 6.05. The molecule has 0 saturated carbocycles. The van der Waals surface area contributed by atoms with Gasteiger partial charge in [-0.25, -0.2) is 4.57 Å². The molecule has 138 valence electrons. The van der Waals surface area contributed by atoms with Gasteiger partial charge >= 0.3 is 0 Å². The molecule has 0 aliphatic heterocycles. The van der Waals surface area contributed by atoms with E-state index in [1.165, 1.54) is 25.3 Å². The van der Waals surface area contributed by atoms with E-state index in [-0.39, 0.29) is 17.1 Å². The standard InChI is InChI=1S/C21H14N2O5/c1-28-19-12-13(23(26)27)10-11-18(19)22-20(24)16-8-4-2-6-14(16)15-7-3-5-9-17(15)21(22)25/h2-12H,1H3. The van der Waals surface area contributed by atoms with Gasteiger partial charge in [-0.3, -0.25) is 19.7 Å². The molecule has 0 spiro atoms. The molecule has 1 aromatic heterocycles. The summed E-state index contributed by atoms with van der Waals surface area (Å²) in [5, 5.41) is 13.1. The van der Waals surface area contributed by atoms with Crippen molar-refractivity contribution >= 4 is 27.2 Å². The highest BCUT2D eigenvalue weighted by Crippen LogP contribution is 2.27. The van der Waals surface area contributed by atoms with Crippen molar-refractivity contribution in [1.29, 1.82) is 0 Å². The molecule has 4 rings (SSSR count). The number of non-ortho nitro benzene ring substituents is 1. The first-order chi connectivity index (χ1) is 13.5. The summed E-state index contributed by atoms with van der Waals surface area (Å²) in [4.78, 5) is 37.1. The van der Waals surface area contributed by atoms with Gasteiger partial charge in [0.1, 0.15) is 5.75 Å². The summed E-state index contributed by atoms with van der Waals surface area (Å²) in [5.74, 6) is 0.0627. The maximum atomic E-state index is 13.3. The van der Waals surface area contributed by atoms with E-state index in [0.717, 1.165) is 4.57 Å². The van der Waals surface area contributed by atoms with Crippen molar-refractivity contribution in [2.75, 3.05) is 7.11 Å². The van der Waals surface area contributed by atoms with E-state index >= 15 is 0 Å². The Morgan fingerprint density at radius 2 is 1.32 bits per heavy atom. The van der Waals surface area contributed by atoms with Gasteiger partial charge in [0.2, 0.25) is 0 Å². The molecule has 28 heavy (non-hydrogen) atoms. The zero-order valence-corrected chi connectivity index (χ0v) is 14.8. The van der Waals surface area contributed by atoms with Crippen molar-refractivity contribution in [1.82, 2.24) is 4.57 Å². The maximum absolute atomic E-state index is 13.3. The third-order valence-electron chi connectivity index (χ3n) is 4.63. The van der Waals surface area contributed by atoms with Crippen LogP contribution in [-0.4, -0.2) is 16.6 Å². The second-order valence-electron chi connectivity index (χ2n) is 6.15. The average Bonchev–Trinajstić information content (AvgIpc) is 2.82. The van der Waals surface area contributed by atoms with Crippen molar-refractivity contribution in [2.24, 2.45) is 0 Å². The lowest BCUT2D eigenvalue weighted by Crippen LogP contribution is -2.28. The first-order valence-corrected chi connectivity index (χ1v) is 8.42. The van der Waals surface area contributed by atoms with Crippen LogP contribution in [0, 0.1) is 10.1 Å². The van der Waals surface area contributed by atoms with Gasteiger partial charge in [-0.1, -0.05) is 36.4 Å². The number of methoxy groups -OCH3 is 1. The van der Waals surface area contributed by atoms with Crippen molar-refractivity contribution in [3.8, 4) is 11.4 Å². The Labute approximate surface area is 158 Å². The highest BCUT2D eigenvalue weighted by Gasteiger charge is 2.18. The number of fused-ring (bicyclic) bond motifs is 3. The monoisotopic (exact) mass is 374 g/mol. The zero-order valence-electron chi connectivity index (χ0n) is 14.8. The predicted molar refractivity (Wildman–Crippen MR) is 107 cm³/mol. The fourth-order valence-electron chi connectivity index (χ4n) is 3.33. The lowest BCUT2D eigenvalue weighted by atomic mass is 10.1. The lowest BCUT2D eigenvalue weighted by Gasteiger charge is -2.09. The number of nitrogens with zero attached hydrogens (tertiary/aromatic N) is 2. The number of nitro groups is 1. The molecule has 0 saturated heterocycles. The normalized spacial score (nSPS) is 10.9. The van der Waals surface area contributed by atoms with E-state index < -0.39 is 16.0 Å². The Kier molecular flexibility index (Phi) is 4.12. The van der Waals surface area contributed by atoms with Gasteiger partial charge in [-0.05, 0) is 29.0 Å². The largest absolute Gasteiger partial charge is 0.494 e. The number of ether oxygens (including phenoxy) is 1. The van der Waals surface area contributed by atoms with Crippen molar-refractivity contribution in [3.63, 3.8) is 0 Å². The summed E-state index contributed by atoms with van der Waals surface area (Å²) in [6.07, 6.45) is 0. The fraction of sp³-hybridized carbons (Fsp3) is 0.0476. The van der Waals surface area contributed by atoms with Crippen molar-refractivity contribution in [3.05, 3.63) is 97.6 Å². The van der Waals surface area contributed by atoms with Gasteiger partial charge in [0.15, 0.2) is 0 Å². The van der Waals surface area contributed by atoms with Crippen LogP contribution in [0.15, 0.2) is 76.3 Å². The summed E-state index contributed by atoms with van der Waals surface area (Å²) in [7, 11) is 1.33. The molecular weight excluding hydrogens is 360 g/mol. The molecule has 7 nitrogen and oxygen atoms in total. The van der Waals surface area contributed by atoms with Crippen LogP contribution in [0.2, 0.25) is 0 Å². The molecule has 0 aliphatic rings.